The van der Waals surface area contributed by atoms with Crippen LogP contribution in [0.4, 0.5) is 13.2 Å². The third kappa shape index (κ3) is 2.91. The number of carbonyl (C=O) groups excluding carboxylic acids is 1. The number of aromatic amines is 1. The molecule has 0 aliphatic rings. The molecule has 136 valence electrons. The Morgan fingerprint density at radius 2 is 1.74 bits per heavy atom. The second-order valence-electron chi connectivity index (χ2n) is 6.02. The lowest BCUT2D eigenvalue weighted by Gasteiger charge is -2.09. The zero-order valence-electron chi connectivity index (χ0n) is 14.1. The van der Waals surface area contributed by atoms with Gasteiger partial charge in [0.25, 0.3) is 0 Å². The summed E-state index contributed by atoms with van der Waals surface area (Å²) >= 11 is 0. The number of benzene rings is 2. The van der Waals surface area contributed by atoms with Gasteiger partial charge in [-0.25, -0.2) is 9.78 Å². The van der Waals surface area contributed by atoms with E-state index in [0.717, 1.165) is 28.4 Å². The van der Waals surface area contributed by atoms with Crippen LogP contribution in [0.25, 0.3) is 33.1 Å². The molecule has 1 N–H and O–H groups in total. The van der Waals surface area contributed by atoms with Crippen molar-refractivity contribution in [3.05, 3.63) is 65.9 Å². The summed E-state index contributed by atoms with van der Waals surface area (Å²) in [7, 11) is 1.25. The van der Waals surface area contributed by atoms with Crippen molar-refractivity contribution in [3.63, 3.8) is 0 Å². The van der Waals surface area contributed by atoms with Gasteiger partial charge in [0.05, 0.1) is 23.9 Å². The molecule has 0 bridgehead atoms. The maximum Gasteiger partial charge on any atom is 0.416 e. The van der Waals surface area contributed by atoms with Crippen LogP contribution < -0.4 is 0 Å². The third-order valence-electron chi connectivity index (χ3n) is 4.38. The number of nitrogens with zero attached hydrogens (tertiary/aromatic N) is 1. The number of H-pyrrole nitrogens is 1. The number of fused-ring (bicyclic) bond motifs is 3. The summed E-state index contributed by atoms with van der Waals surface area (Å²) in [6.07, 6.45) is -4.42. The maximum absolute atomic E-state index is 12.8. The summed E-state index contributed by atoms with van der Waals surface area (Å²) in [5, 5.41) is 1.63. The van der Waals surface area contributed by atoms with Crippen molar-refractivity contribution in [2.75, 3.05) is 7.11 Å². The van der Waals surface area contributed by atoms with Gasteiger partial charge in [-0.1, -0.05) is 30.3 Å². The number of halogens is 3. The Morgan fingerprint density at radius 3 is 2.41 bits per heavy atom. The number of nitrogens with one attached hydrogen (secondary N) is 1. The van der Waals surface area contributed by atoms with Crippen LogP contribution in [0.3, 0.4) is 0 Å². The van der Waals surface area contributed by atoms with Gasteiger partial charge in [-0.3, -0.25) is 0 Å². The van der Waals surface area contributed by atoms with Crippen LogP contribution >= 0.6 is 0 Å². The molecule has 4 aromatic rings. The van der Waals surface area contributed by atoms with E-state index in [1.165, 1.54) is 19.2 Å². The Labute approximate surface area is 151 Å². The van der Waals surface area contributed by atoms with Crippen LogP contribution in [0.2, 0.25) is 0 Å². The molecule has 4 nitrogen and oxygen atoms in total. The molecule has 0 aliphatic carbocycles. The summed E-state index contributed by atoms with van der Waals surface area (Å²) < 4.78 is 43.3. The number of methoxy groups -OCH3 is 1. The minimum absolute atomic E-state index is 0.0876. The smallest absolute Gasteiger partial charge is 0.416 e. The summed E-state index contributed by atoms with van der Waals surface area (Å²) in [6.45, 7) is 0. The van der Waals surface area contributed by atoms with Gasteiger partial charge in [-0.2, -0.15) is 13.2 Å². The highest BCUT2D eigenvalue weighted by Gasteiger charge is 2.30. The van der Waals surface area contributed by atoms with E-state index in [4.69, 9.17) is 4.74 Å². The number of alkyl halides is 3. The van der Waals surface area contributed by atoms with E-state index in [1.807, 2.05) is 24.3 Å². The Hall–Kier alpha value is -3.35. The third-order valence-corrected chi connectivity index (χ3v) is 4.38. The van der Waals surface area contributed by atoms with Crippen LogP contribution in [0.5, 0.6) is 0 Å². The molecular weight excluding hydrogens is 357 g/mol. The second kappa shape index (κ2) is 6.12. The van der Waals surface area contributed by atoms with Gasteiger partial charge >= 0.3 is 12.1 Å². The van der Waals surface area contributed by atoms with E-state index >= 15 is 0 Å². The predicted molar refractivity (Wildman–Crippen MR) is 95.4 cm³/mol. The Bertz CT molecular complexity index is 1160. The van der Waals surface area contributed by atoms with Gasteiger partial charge in [-0.05, 0) is 24.3 Å². The summed E-state index contributed by atoms with van der Waals surface area (Å²) in [4.78, 5) is 19.6. The molecule has 0 saturated carbocycles. The average molecular weight is 370 g/mol. The quantitative estimate of drug-likeness (QED) is 0.494. The number of hydrogen-bond donors (Lipinski definition) is 1. The Kier molecular flexibility index (Phi) is 3.87. The number of esters is 1. The SMILES string of the molecule is COC(=O)c1cc2c([nH]c3ccccc32)c(-c2ccc(C(F)(F)F)cc2)n1. The van der Waals surface area contributed by atoms with Gasteiger partial charge in [-0.15, -0.1) is 0 Å². The standard InChI is InChI=1S/C20H13F3N2O2/c1-27-19(26)16-10-14-13-4-2-3-5-15(13)24-18(14)17(25-16)11-6-8-12(9-7-11)20(21,22)23/h2-10,24H,1H3. The number of rotatable bonds is 2. The van der Waals surface area contributed by atoms with Crippen molar-refractivity contribution >= 4 is 27.8 Å². The Morgan fingerprint density at radius 1 is 1.04 bits per heavy atom. The van der Waals surface area contributed by atoms with Crippen molar-refractivity contribution in [1.29, 1.82) is 0 Å². The molecule has 7 heteroatoms. The van der Waals surface area contributed by atoms with Crippen molar-refractivity contribution < 1.29 is 22.7 Å². The molecule has 2 aromatic carbocycles. The van der Waals surface area contributed by atoms with Gasteiger partial charge in [0.15, 0.2) is 0 Å². The van der Waals surface area contributed by atoms with Crippen molar-refractivity contribution in [3.8, 4) is 11.3 Å². The lowest BCUT2D eigenvalue weighted by atomic mass is 10.0. The summed E-state index contributed by atoms with van der Waals surface area (Å²) in [5.41, 5.74) is 1.67. The molecule has 0 fully saturated rings. The van der Waals surface area contributed by atoms with Gasteiger partial charge in [0, 0.05) is 21.9 Å². The summed E-state index contributed by atoms with van der Waals surface area (Å²) in [6, 6.07) is 13.8. The van der Waals surface area contributed by atoms with E-state index < -0.39 is 17.7 Å². The summed E-state index contributed by atoms with van der Waals surface area (Å²) in [5.74, 6) is -0.615. The first-order chi connectivity index (χ1) is 12.9. The van der Waals surface area contributed by atoms with E-state index in [9.17, 15) is 18.0 Å². The lowest BCUT2D eigenvalue weighted by molar-refractivity contribution is -0.137. The first kappa shape index (κ1) is 17.1. The average Bonchev–Trinajstić information content (AvgIpc) is 3.04. The first-order valence-corrected chi connectivity index (χ1v) is 8.06. The largest absolute Gasteiger partial charge is 0.464 e. The highest BCUT2D eigenvalue weighted by Crippen LogP contribution is 2.35. The molecule has 0 aliphatic heterocycles. The van der Waals surface area contributed by atoms with Gasteiger partial charge in [0.2, 0.25) is 0 Å². The second-order valence-corrected chi connectivity index (χ2v) is 6.02. The predicted octanol–water partition coefficient (Wildman–Crippen LogP) is 5.19. The molecule has 4 rings (SSSR count). The highest BCUT2D eigenvalue weighted by molar-refractivity contribution is 6.12. The lowest BCUT2D eigenvalue weighted by Crippen LogP contribution is -2.06. The number of pyridine rings is 1. The minimum Gasteiger partial charge on any atom is -0.464 e. The zero-order chi connectivity index (χ0) is 19.2. The molecular formula is C20H13F3N2O2. The first-order valence-electron chi connectivity index (χ1n) is 8.06. The van der Waals surface area contributed by atoms with Gasteiger partial charge < -0.3 is 9.72 Å². The molecule has 0 saturated heterocycles. The molecule has 0 spiro atoms. The number of hydrogen-bond acceptors (Lipinski definition) is 3. The fourth-order valence-electron chi connectivity index (χ4n) is 3.08. The number of ether oxygens (including phenoxy) is 1. The van der Waals surface area contributed by atoms with Crippen LogP contribution in [0, 0.1) is 0 Å². The van der Waals surface area contributed by atoms with E-state index in [1.54, 1.807) is 6.07 Å². The normalized spacial score (nSPS) is 11.9. The molecule has 0 atom stereocenters. The number of para-hydroxylation sites is 1. The van der Waals surface area contributed by atoms with E-state index in [-0.39, 0.29) is 5.69 Å². The zero-order valence-corrected chi connectivity index (χ0v) is 14.1. The Balaban J connectivity index is 1.99. The fraction of sp³-hybridized carbons (Fsp3) is 0.100. The van der Waals surface area contributed by atoms with Crippen molar-refractivity contribution in [2.24, 2.45) is 0 Å². The van der Waals surface area contributed by atoms with Crippen LogP contribution in [-0.2, 0) is 10.9 Å². The molecule has 2 aromatic heterocycles. The maximum atomic E-state index is 12.8. The number of aromatic nitrogens is 2. The molecule has 0 amide bonds. The van der Waals surface area contributed by atoms with E-state index in [2.05, 4.69) is 9.97 Å². The number of carbonyl (C=O) groups is 1. The monoisotopic (exact) mass is 370 g/mol. The molecule has 27 heavy (non-hydrogen) atoms. The van der Waals surface area contributed by atoms with Crippen molar-refractivity contribution in [1.82, 2.24) is 9.97 Å². The fourth-order valence-corrected chi connectivity index (χ4v) is 3.08. The van der Waals surface area contributed by atoms with Crippen LogP contribution in [0.1, 0.15) is 16.1 Å². The minimum atomic E-state index is -4.42. The van der Waals surface area contributed by atoms with Crippen LogP contribution in [-0.4, -0.2) is 23.0 Å². The molecule has 0 unspecified atom stereocenters. The highest BCUT2D eigenvalue weighted by atomic mass is 19.4. The molecule has 2 heterocycles. The van der Waals surface area contributed by atoms with Gasteiger partial charge in [0.1, 0.15) is 5.69 Å². The van der Waals surface area contributed by atoms with E-state index in [0.29, 0.717) is 16.8 Å². The van der Waals surface area contributed by atoms with Crippen molar-refractivity contribution in [2.45, 2.75) is 6.18 Å². The topological polar surface area (TPSA) is 55.0 Å². The van der Waals surface area contributed by atoms with Crippen LogP contribution in [0.15, 0.2) is 54.6 Å². The molecule has 0 radical (unpaired) electrons.